The monoisotopic (exact) mass is 433 g/mol. The first-order valence-corrected chi connectivity index (χ1v) is 10.4. The number of aryl methyl sites for hydroxylation is 1. The highest BCUT2D eigenvalue weighted by molar-refractivity contribution is 9.10. The third-order valence-corrected chi connectivity index (χ3v) is 5.26. The van der Waals surface area contributed by atoms with Crippen LogP contribution in [-0.4, -0.2) is 34.4 Å². The highest BCUT2D eigenvalue weighted by Crippen LogP contribution is 2.26. The van der Waals surface area contributed by atoms with E-state index in [-0.39, 0.29) is 5.97 Å². The van der Waals surface area contributed by atoms with Crippen molar-refractivity contribution < 1.29 is 9.53 Å². The van der Waals surface area contributed by atoms with E-state index >= 15 is 0 Å². The van der Waals surface area contributed by atoms with Gasteiger partial charge in [0.25, 0.3) is 0 Å². The van der Waals surface area contributed by atoms with Crippen LogP contribution in [0.5, 0.6) is 0 Å². The van der Waals surface area contributed by atoms with E-state index in [0.29, 0.717) is 5.56 Å². The number of benzene rings is 1. The molecule has 27 heavy (non-hydrogen) atoms. The van der Waals surface area contributed by atoms with Crippen LogP contribution in [0.3, 0.4) is 0 Å². The van der Waals surface area contributed by atoms with Crippen molar-refractivity contribution in [1.82, 2.24) is 9.78 Å². The molecule has 0 N–H and O–H groups in total. The fourth-order valence-electron chi connectivity index (χ4n) is 3.40. The number of nitrogens with zero attached hydrogens (tertiary/aromatic N) is 3. The number of halogens is 1. The summed E-state index contributed by atoms with van der Waals surface area (Å²) in [6.45, 7) is 8.73. The van der Waals surface area contributed by atoms with Gasteiger partial charge in [-0.05, 0) is 86.1 Å². The van der Waals surface area contributed by atoms with Crippen LogP contribution >= 0.6 is 15.9 Å². The number of ether oxygens (including phenoxy) is 1. The van der Waals surface area contributed by atoms with Crippen LogP contribution in [0.25, 0.3) is 0 Å². The Morgan fingerprint density at radius 3 is 2.44 bits per heavy atom. The molecule has 1 saturated heterocycles. The number of aromatic nitrogens is 2. The average Bonchev–Trinajstić information content (AvgIpc) is 3.04. The zero-order valence-corrected chi connectivity index (χ0v) is 17.9. The second-order valence-electron chi connectivity index (χ2n) is 8.19. The highest BCUT2D eigenvalue weighted by atomic mass is 79.9. The van der Waals surface area contributed by atoms with E-state index in [1.165, 1.54) is 24.9 Å². The van der Waals surface area contributed by atoms with Gasteiger partial charge in [-0.15, -0.1) is 0 Å². The van der Waals surface area contributed by atoms with Crippen LogP contribution in [0.15, 0.2) is 41.1 Å². The minimum atomic E-state index is -0.468. The number of esters is 1. The van der Waals surface area contributed by atoms with Crippen molar-refractivity contribution in [2.75, 3.05) is 18.0 Å². The van der Waals surface area contributed by atoms with Gasteiger partial charge in [0, 0.05) is 31.5 Å². The summed E-state index contributed by atoms with van der Waals surface area (Å²) in [5, 5.41) is 4.33. The Morgan fingerprint density at radius 1 is 1.22 bits per heavy atom. The molecular formula is C21H28BrN3O2. The predicted molar refractivity (Wildman–Crippen MR) is 111 cm³/mol. The molecular weight excluding hydrogens is 406 g/mol. The van der Waals surface area contributed by atoms with Gasteiger partial charge in [-0.1, -0.05) is 0 Å². The van der Waals surface area contributed by atoms with Gasteiger partial charge >= 0.3 is 5.97 Å². The minimum Gasteiger partial charge on any atom is -0.456 e. The van der Waals surface area contributed by atoms with E-state index in [1.54, 1.807) is 0 Å². The molecule has 5 nitrogen and oxygen atoms in total. The normalized spacial score (nSPS) is 15.8. The number of piperidine rings is 1. The summed E-state index contributed by atoms with van der Waals surface area (Å²) in [6, 6.07) is 7.79. The van der Waals surface area contributed by atoms with Gasteiger partial charge < -0.3 is 9.64 Å². The lowest BCUT2D eigenvalue weighted by Crippen LogP contribution is -2.34. The Morgan fingerprint density at radius 2 is 1.89 bits per heavy atom. The summed E-state index contributed by atoms with van der Waals surface area (Å²) in [7, 11) is 0. The second kappa shape index (κ2) is 8.46. The Labute approximate surface area is 169 Å². The molecule has 0 atom stereocenters. The van der Waals surface area contributed by atoms with Gasteiger partial charge in [0.2, 0.25) is 0 Å². The zero-order valence-electron chi connectivity index (χ0n) is 16.3. The van der Waals surface area contributed by atoms with Crippen molar-refractivity contribution in [2.24, 2.45) is 5.92 Å². The lowest BCUT2D eigenvalue weighted by Gasteiger charge is -2.33. The summed E-state index contributed by atoms with van der Waals surface area (Å²) in [5.74, 6) is 0.475. The molecule has 2 aromatic rings. The molecule has 146 valence electrons. The smallest absolute Gasteiger partial charge is 0.338 e. The summed E-state index contributed by atoms with van der Waals surface area (Å²) in [6.07, 6.45) is 7.41. The molecule has 1 aromatic heterocycles. The molecule has 3 rings (SSSR count). The van der Waals surface area contributed by atoms with Gasteiger partial charge in [-0.25, -0.2) is 4.79 Å². The zero-order chi connectivity index (χ0) is 19.4. The third-order valence-electron chi connectivity index (χ3n) is 4.85. The van der Waals surface area contributed by atoms with Crippen LogP contribution in [0.1, 0.15) is 50.4 Å². The molecule has 6 heteroatoms. The van der Waals surface area contributed by atoms with E-state index in [4.69, 9.17) is 4.74 Å². The number of carbonyl (C=O) groups is 1. The second-order valence-corrected chi connectivity index (χ2v) is 9.11. The maximum absolute atomic E-state index is 12.1. The molecule has 0 bridgehead atoms. The van der Waals surface area contributed by atoms with Gasteiger partial charge in [0.05, 0.1) is 16.2 Å². The molecule has 0 spiro atoms. The highest BCUT2D eigenvalue weighted by Gasteiger charge is 2.21. The van der Waals surface area contributed by atoms with Crippen molar-refractivity contribution in [3.05, 3.63) is 46.7 Å². The fraction of sp³-hybridized carbons (Fsp3) is 0.524. The molecule has 1 aliphatic heterocycles. The number of carbonyl (C=O) groups excluding carboxylic acids is 1. The van der Waals surface area contributed by atoms with E-state index in [1.807, 2.05) is 62.1 Å². The molecule has 2 heterocycles. The van der Waals surface area contributed by atoms with Gasteiger partial charge in [0.15, 0.2) is 0 Å². The van der Waals surface area contributed by atoms with Gasteiger partial charge in [0.1, 0.15) is 5.60 Å². The summed E-state index contributed by atoms with van der Waals surface area (Å²) in [5.41, 5.74) is 1.31. The SMILES string of the molecule is CC(C)(C)OC(=O)c1ccc(N2CCC(CCn3cc(Br)cn3)CC2)cc1. The third kappa shape index (κ3) is 5.83. The Balaban J connectivity index is 1.48. The maximum atomic E-state index is 12.1. The first-order chi connectivity index (χ1) is 12.8. The van der Waals surface area contributed by atoms with E-state index in [0.717, 1.165) is 30.0 Å². The maximum Gasteiger partial charge on any atom is 0.338 e. The van der Waals surface area contributed by atoms with Crippen LogP contribution in [0.4, 0.5) is 5.69 Å². The molecule has 1 fully saturated rings. The van der Waals surface area contributed by atoms with Crippen molar-refractivity contribution in [3.63, 3.8) is 0 Å². The van der Waals surface area contributed by atoms with Crippen molar-refractivity contribution in [1.29, 1.82) is 0 Å². The predicted octanol–water partition coefficient (Wildman–Crippen LogP) is 4.91. The molecule has 0 aliphatic carbocycles. The largest absolute Gasteiger partial charge is 0.456 e. The van der Waals surface area contributed by atoms with Crippen molar-refractivity contribution in [2.45, 2.75) is 52.2 Å². The molecule has 0 saturated carbocycles. The lowest BCUT2D eigenvalue weighted by molar-refractivity contribution is 0.00695. The summed E-state index contributed by atoms with van der Waals surface area (Å²) < 4.78 is 8.47. The van der Waals surface area contributed by atoms with E-state index < -0.39 is 5.60 Å². The van der Waals surface area contributed by atoms with E-state index in [9.17, 15) is 4.79 Å². The molecule has 0 amide bonds. The van der Waals surface area contributed by atoms with Gasteiger partial charge in [-0.2, -0.15) is 5.10 Å². The quantitative estimate of drug-likeness (QED) is 0.628. The minimum absolute atomic E-state index is 0.266. The first-order valence-electron chi connectivity index (χ1n) is 9.56. The first kappa shape index (κ1) is 19.9. The molecule has 0 radical (unpaired) electrons. The number of rotatable bonds is 5. The summed E-state index contributed by atoms with van der Waals surface area (Å²) in [4.78, 5) is 14.5. The molecule has 1 aliphatic rings. The van der Waals surface area contributed by atoms with Crippen molar-refractivity contribution in [3.8, 4) is 0 Å². The fourth-order valence-corrected chi connectivity index (χ4v) is 3.73. The topological polar surface area (TPSA) is 47.4 Å². The average molecular weight is 434 g/mol. The van der Waals surface area contributed by atoms with Crippen LogP contribution in [0.2, 0.25) is 0 Å². The molecule has 1 aromatic carbocycles. The Kier molecular flexibility index (Phi) is 6.25. The van der Waals surface area contributed by atoms with E-state index in [2.05, 4.69) is 25.9 Å². The number of anilines is 1. The Bertz CT molecular complexity index is 756. The molecule has 0 unspecified atom stereocenters. The standard InChI is InChI=1S/C21H28BrN3O2/c1-21(2,3)27-20(26)17-4-6-19(7-5-17)24-11-8-16(9-12-24)10-13-25-15-18(22)14-23-25/h4-7,14-16H,8-13H2,1-3H3. The Hall–Kier alpha value is -1.82. The van der Waals surface area contributed by atoms with Crippen molar-refractivity contribution >= 4 is 27.6 Å². The van der Waals surface area contributed by atoms with Crippen LogP contribution in [-0.2, 0) is 11.3 Å². The number of hydrogen-bond donors (Lipinski definition) is 0. The van der Waals surface area contributed by atoms with Crippen LogP contribution < -0.4 is 4.90 Å². The number of hydrogen-bond acceptors (Lipinski definition) is 4. The van der Waals surface area contributed by atoms with Crippen LogP contribution in [0, 0.1) is 5.92 Å². The lowest BCUT2D eigenvalue weighted by atomic mass is 9.93. The van der Waals surface area contributed by atoms with Gasteiger partial charge in [-0.3, -0.25) is 4.68 Å². The summed E-state index contributed by atoms with van der Waals surface area (Å²) >= 11 is 3.44.